The van der Waals surface area contributed by atoms with Gasteiger partial charge < -0.3 is 5.32 Å². The first-order chi connectivity index (χ1) is 7.38. The summed E-state index contributed by atoms with van der Waals surface area (Å²) in [6.45, 7) is 6.41. The number of aryl methyl sites for hydroxylation is 1. The number of hydrogen-bond acceptors (Lipinski definition) is 3. The molecule has 1 aromatic rings. The Morgan fingerprint density at radius 3 is 2.93 bits per heavy atom. The first kappa shape index (κ1) is 12.5. The minimum absolute atomic E-state index is 0.946. The number of nitrogens with one attached hydrogen (secondary N) is 1. The molecule has 0 unspecified atom stereocenters. The van der Waals surface area contributed by atoms with E-state index in [2.05, 4.69) is 30.2 Å². The lowest BCUT2D eigenvalue weighted by molar-refractivity contribution is 0.722. The van der Waals surface area contributed by atoms with Gasteiger partial charge in [-0.1, -0.05) is 13.8 Å². The fourth-order valence-electron chi connectivity index (χ4n) is 1.47. The van der Waals surface area contributed by atoms with Gasteiger partial charge in [0.2, 0.25) is 0 Å². The van der Waals surface area contributed by atoms with Crippen molar-refractivity contribution in [1.82, 2.24) is 10.3 Å². The lowest BCUT2D eigenvalue weighted by atomic mass is 10.1. The third-order valence-electron chi connectivity index (χ3n) is 2.33. The Balaban J connectivity index is 2.30. The van der Waals surface area contributed by atoms with E-state index in [-0.39, 0.29) is 0 Å². The first-order valence-corrected chi connectivity index (χ1v) is 6.74. The van der Waals surface area contributed by atoms with Crippen LogP contribution in [0.1, 0.15) is 25.0 Å². The first-order valence-electron chi connectivity index (χ1n) is 5.58. The van der Waals surface area contributed by atoms with Gasteiger partial charge in [0.1, 0.15) is 0 Å². The fraction of sp³-hybridized carbons (Fsp3) is 0.583. The molecule has 0 aliphatic rings. The molecule has 0 aliphatic carbocycles. The maximum Gasteiger partial charge on any atom is 0.0315 e. The molecule has 3 heteroatoms. The quantitative estimate of drug-likeness (QED) is 0.720. The van der Waals surface area contributed by atoms with Crippen LogP contribution >= 0.6 is 11.8 Å². The van der Waals surface area contributed by atoms with E-state index >= 15 is 0 Å². The van der Waals surface area contributed by atoms with Crippen molar-refractivity contribution in [3.8, 4) is 0 Å². The summed E-state index contributed by atoms with van der Waals surface area (Å²) in [5.41, 5.74) is 2.74. The van der Waals surface area contributed by atoms with Crippen molar-refractivity contribution in [1.29, 1.82) is 0 Å². The van der Waals surface area contributed by atoms with E-state index in [4.69, 9.17) is 0 Å². The van der Waals surface area contributed by atoms with Crippen molar-refractivity contribution < 1.29 is 0 Å². The zero-order valence-electron chi connectivity index (χ0n) is 9.62. The van der Waals surface area contributed by atoms with Gasteiger partial charge in [0.15, 0.2) is 0 Å². The number of rotatable bonds is 7. The molecule has 1 N–H and O–H groups in total. The second-order valence-corrected chi connectivity index (χ2v) is 4.77. The summed E-state index contributed by atoms with van der Waals surface area (Å²) in [7, 11) is 0. The molecule has 0 radical (unpaired) electrons. The maximum absolute atomic E-state index is 4.16. The normalized spacial score (nSPS) is 10.5. The summed E-state index contributed by atoms with van der Waals surface area (Å²) in [5, 5.41) is 3.45. The van der Waals surface area contributed by atoms with E-state index in [0.29, 0.717) is 0 Å². The van der Waals surface area contributed by atoms with E-state index in [1.807, 2.05) is 24.2 Å². The monoisotopic (exact) mass is 224 g/mol. The third-order valence-corrected chi connectivity index (χ3v) is 3.23. The minimum atomic E-state index is 0.946. The second kappa shape index (κ2) is 7.71. The predicted molar refractivity (Wildman–Crippen MR) is 68.3 cm³/mol. The van der Waals surface area contributed by atoms with Crippen LogP contribution in [0.2, 0.25) is 0 Å². The molecule has 0 amide bonds. The predicted octanol–water partition coefficient (Wildman–Crippen LogP) is 2.49. The van der Waals surface area contributed by atoms with Crippen LogP contribution in [0.3, 0.4) is 0 Å². The van der Waals surface area contributed by atoms with Gasteiger partial charge in [-0.3, -0.25) is 4.98 Å². The largest absolute Gasteiger partial charge is 0.312 e. The minimum Gasteiger partial charge on any atom is -0.312 e. The molecule has 1 aromatic heterocycles. The molecule has 0 saturated heterocycles. The van der Waals surface area contributed by atoms with E-state index in [0.717, 1.165) is 19.5 Å². The van der Waals surface area contributed by atoms with Gasteiger partial charge in [-0.15, -0.1) is 0 Å². The van der Waals surface area contributed by atoms with Gasteiger partial charge in [-0.2, -0.15) is 11.8 Å². The lowest BCUT2D eigenvalue weighted by Crippen LogP contribution is -2.17. The molecular formula is C12H20N2S. The Bertz CT molecular complexity index is 276. The van der Waals surface area contributed by atoms with Crippen LogP contribution in [0.25, 0.3) is 0 Å². The van der Waals surface area contributed by atoms with Crippen molar-refractivity contribution in [3.05, 3.63) is 29.6 Å². The van der Waals surface area contributed by atoms with Crippen LogP contribution in [-0.2, 0) is 13.0 Å². The molecule has 2 nitrogen and oxygen atoms in total. The molecule has 1 heterocycles. The molecule has 0 aliphatic heterocycles. The molecule has 1 rings (SSSR count). The molecule has 0 bridgehead atoms. The summed E-state index contributed by atoms with van der Waals surface area (Å²) < 4.78 is 0. The lowest BCUT2D eigenvalue weighted by Gasteiger charge is -2.08. The molecule has 0 spiro atoms. The summed E-state index contributed by atoms with van der Waals surface area (Å²) >= 11 is 1.98. The Hall–Kier alpha value is -0.540. The topological polar surface area (TPSA) is 24.9 Å². The standard InChI is InChI=1S/C12H20N2S/c1-3-11-5-6-13-9-12(11)10-14-7-8-15-4-2/h5-6,9,14H,3-4,7-8,10H2,1-2H3. The van der Waals surface area contributed by atoms with Crippen molar-refractivity contribution in [2.45, 2.75) is 26.8 Å². The summed E-state index contributed by atoms with van der Waals surface area (Å²) in [4.78, 5) is 4.16. The van der Waals surface area contributed by atoms with Crippen LogP contribution < -0.4 is 5.32 Å². The van der Waals surface area contributed by atoms with Gasteiger partial charge in [0, 0.05) is 31.2 Å². The van der Waals surface area contributed by atoms with Crippen LogP contribution in [-0.4, -0.2) is 23.0 Å². The summed E-state index contributed by atoms with van der Waals surface area (Å²) in [6, 6.07) is 2.11. The van der Waals surface area contributed by atoms with E-state index in [1.165, 1.54) is 22.6 Å². The molecular weight excluding hydrogens is 204 g/mol. The zero-order valence-corrected chi connectivity index (χ0v) is 10.4. The number of pyridine rings is 1. The van der Waals surface area contributed by atoms with Gasteiger partial charge in [-0.05, 0) is 29.4 Å². The molecule has 0 fully saturated rings. The van der Waals surface area contributed by atoms with Crippen LogP contribution in [0, 0.1) is 0 Å². The van der Waals surface area contributed by atoms with Crippen molar-refractivity contribution >= 4 is 11.8 Å². The zero-order chi connectivity index (χ0) is 10.9. The van der Waals surface area contributed by atoms with Gasteiger partial charge in [0.25, 0.3) is 0 Å². The average Bonchev–Trinajstić information content (AvgIpc) is 2.29. The Morgan fingerprint density at radius 1 is 1.33 bits per heavy atom. The summed E-state index contributed by atoms with van der Waals surface area (Å²) in [5.74, 6) is 2.40. The second-order valence-electron chi connectivity index (χ2n) is 3.37. The molecule has 15 heavy (non-hydrogen) atoms. The number of thioether (sulfide) groups is 1. The highest BCUT2D eigenvalue weighted by molar-refractivity contribution is 7.99. The molecule has 0 aromatic carbocycles. The van der Waals surface area contributed by atoms with E-state index < -0.39 is 0 Å². The van der Waals surface area contributed by atoms with E-state index in [1.54, 1.807) is 0 Å². The maximum atomic E-state index is 4.16. The summed E-state index contributed by atoms with van der Waals surface area (Å²) in [6.07, 6.45) is 4.93. The highest BCUT2D eigenvalue weighted by Gasteiger charge is 1.98. The smallest absolute Gasteiger partial charge is 0.0315 e. The van der Waals surface area contributed by atoms with Crippen LogP contribution in [0.15, 0.2) is 18.5 Å². The van der Waals surface area contributed by atoms with Crippen molar-refractivity contribution in [2.75, 3.05) is 18.1 Å². The van der Waals surface area contributed by atoms with Crippen molar-refractivity contribution in [3.63, 3.8) is 0 Å². The number of aromatic nitrogens is 1. The third kappa shape index (κ3) is 4.67. The van der Waals surface area contributed by atoms with Crippen LogP contribution in [0.4, 0.5) is 0 Å². The number of nitrogens with zero attached hydrogens (tertiary/aromatic N) is 1. The van der Waals surface area contributed by atoms with Gasteiger partial charge >= 0.3 is 0 Å². The highest BCUT2D eigenvalue weighted by atomic mass is 32.2. The fourth-order valence-corrected chi connectivity index (χ4v) is 2.05. The molecule has 0 atom stereocenters. The van der Waals surface area contributed by atoms with Crippen LogP contribution in [0.5, 0.6) is 0 Å². The number of hydrogen-bond donors (Lipinski definition) is 1. The Kier molecular flexibility index (Phi) is 6.44. The van der Waals surface area contributed by atoms with Crippen molar-refractivity contribution in [2.24, 2.45) is 0 Å². The van der Waals surface area contributed by atoms with Gasteiger partial charge in [-0.25, -0.2) is 0 Å². The molecule has 84 valence electrons. The average molecular weight is 224 g/mol. The SMILES string of the molecule is CCSCCNCc1cnccc1CC. The highest BCUT2D eigenvalue weighted by Crippen LogP contribution is 2.07. The Labute approximate surface area is 96.9 Å². The van der Waals surface area contributed by atoms with Gasteiger partial charge in [0.05, 0.1) is 0 Å². The molecule has 0 saturated carbocycles. The van der Waals surface area contributed by atoms with E-state index in [9.17, 15) is 0 Å². The Morgan fingerprint density at radius 2 is 2.20 bits per heavy atom.